The summed E-state index contributed by atoms with van der Waals surface area (Å²) in [5.41, 5.74) is 4.54. The molecule has 0 N–H and O–H groups in total. The molecule has 3 aromatic carbocycles. The standard InChI is InChI=1S/C25H22O4/c1-16-8-10-17(11-9-16)24-19-6-4-5-7-21(19)29-25(20(24)15-26)18-12-13-22(27-2)23(14-18)28-3/h4-15,24H,1-3H3. The molecule has 0 radical (unpaired) electrons. The van der Waals surface area contributed by atoms with Crippen LogP contribution in [0, 0.1) is 6.92 Å². The number of ether oxygens (including phenoxy) is 3. The van der Waals surface area contributed by atoms with Gasteiger partial charge in [0, 0.05) is 22.6 Å². The van der Waals surface area contributed by atoms with Crippen molar-refractivity contribution in [2.75, 3.05) is 14.2 Å². The van der Waals surface area contributed by atoms with Gasteiger partial charge in [-0.1, -0.05) is 48.0 Å². The fraction of sp³-hybridized carbons (Fsp3) is 0.160. The molecular weight excluding hydrogens is 364 g/mol. The molecule has 1 atom stereocenters. The minimum Gasteiger partial charge on any atom is -0.493 e. The number of aldehydes is 1. The number of hydrogen-bond donors (Lipinski definition) is 0. The van der Waals surface area contributed by atoms with Crippen molar-refractivity contribution >= 4 is 12.0 Å². The van der Waals surface area contributed by atoms with Gasteiger partial charge in [0.15, 0.2) is 17.8 Å². The maximum atomic E-state index is 12.3. The smallest absolute Gasteiger partial charge is 0.161 e. The molecule has 0 saturated carbocycles. The molecule has 4 nitrogen and oxygen atoms in total. The second kappa shape index (κ2) is 7.84. The summed E-state index contributed by atoms with van der Waals surface area (Å²) in [6.07, 6.45) is 0.895. The first kappa shape index (κ1) is 18.8. The quantitative estimate of drug-likeness (QED) is 0.569. The highest BCUT2D eigenvalue weighted by atomic mass is 16.5. The van der Waals surface area contributed by atoms with Crippen molar-refractivity contribution in [3.63, 3.8) is 0 Å². The van der Waals surface area contributed by atoms with Gasteiger partial charge in [-0.15, -0.1) is 0 Å². The average molecular weight is 386 g/mol. The normalized spacial score (nSPS) is 15.3. The lowest BCUT2D eigenvalue weighted by Crippen LogP contribution is -2.17. The van der Waals surface area contributed by atoms with Crippen molar-refractivity contribution in [3.05, 3.63) is 94.6 Å². The van der Waals surface area contributed by atoms with Gasteiger partial charge in [0.05, 0.1) is 14.2 Å². The number of carbonyl (C=O) groups is 1. The molecule has 1 heterocycles. The fourth-order valence-electron chi connectivity index (χ4n) is 3.72. The van der Waals surface area contributed by atoms with Crippen molar-refractivity contribution in [2.24, 2.45) is 0 Å². The van der Waals surface area contributed by atoms with Crippen LogP contribution in [0.5, 0.6) is 17.2 Å². The van der Waals surface area contributed by atoms with Crippen molar-refractivity contribution in [1.82, 2.24) is 0 Å². The van der Waals surface area contributed by atoms with Crippen molar-refractivity contribution in [2.45, 2.75) is 12.8 Å². The maximum absolute atomic E-state index is 12.3. The molecule has 1 unspecified atom stereocenters. The third-order valence-corrected chi connectivity index (χ3v) is 5.20. The summed E-state index contributed by atoms with van der Waals surface area (Å²) in [6, 6.07) is 21.6. The van der Waals surface area contributed by atoms with Gasteiger partial charge >= 0.3 is 0 Å². The number of hydrogen-bond acceptors (Lipinski definition) is 4. The summed E-state index contributed by atoms with van der Waals surface area (Å²) in [6.45, 7) is 2.05. The van der Waals surface area contributed by atoms with Gasteiger partial charge in [0.1, 0.15) is 11.5 Å². The SMILES string of the molecule is COc1ccc(C2=C(C=O)C(c3ccc(C)cc3)c3ccccc3O2)cc1OC. The average Bonchev–Trinajstić information content (AvgIpc) is 2.77. The summed E-state index contributed by atoms with van der Waals surface area (Å²) < 4.78 is 17.0. The third kappa shape index (κ3) is 3.38. The van der Waals surface area contributed by atoms with E-state index in [4.69, 9.17) is 14.2 Å². The second-order valence-corrected chi connectivity index (χ2v) is 6.96. The molecule has 0 aromatic heterocycles. The van der Waals surface area contributed by atoms with Crippen LogP contribution in [0.2, 0.25) is 0 Å². The Balaban J connectivity index is 1.93. The predicted molar refractivity (Wildman–Crippen MR) is 113 cm³/mol. The minimum atomic E-state index is -0.207. The van der Waals surface area contributed by atoms with Gasteiger partial charge in [-0.05, 0) is 36.8 Å². The number of fused-ring (bicyclic) bond motifs is 1. The van der Waals surface area contributed by atoms with Crippen LogP contribution in [0.25, 0.3) is 5.76 Å². The van der Waals surface area contributed by atoms with Crippen LogP contribution < -0.4 is 14.2 Å². The summed E-state index contributed by atoms with van der Waals surface area (Å²) in [5, 5.41) is 0. The molecule has 146 valence electrons. The second-order valence-electron chi connectivity index (χ2n) is 6.96. The molecule has 0 saturated heterocycles. The first-order valence-electron chi connectivity index (χ1n) is 9.41. The van der Waals surface area contributed by atoms with Crippen LogP contribution in [0.3, 0.4) is 0 Å². The molecule has 4 heteroatoms. The summed E-state index contributed by atoms with van der Waals surface area (Å²) in [5.74, 6) is 2.27. The summed E-state index contributed by atoms with van der Waals surface area (Å²) in [4.78, 5) is 12.3. The third-order valence-electron chi connectivity index (χ3n) is 5.20. The summed E-state index contributed by atoms with van der Waals surface area (Å²) >= 11 is 0. The first-order valence-corrected chi connectivity index (χ1v) is 9.41. The molecule has 29 heavy (non-hydrogen) atoms. The van der Waals surface area contributed by atoms with Crippen molar-refractivity contribution < 1.29 is 19.0 Å². The molecule has 0 fully saturated rings. The number of carbonyl (C=O) groups excluding carboxylic acids is 1. The van der Waals surface area contributed by atoms with Gasteiger partial charge < -0.3 is 14.2 Å². The fourth-order valence-corrected chi connectivity index (χ4v) is 3.72. The zero-order valence-electron chi connectivity index (χ0n) is 16.6. The van der Waals surface area contributed by atoms with E-state index in [-0.39, 0.29) is 5.92 Å². The molecule has 0 bridgehead atoms. The van der Waals surface area contributed by atoms with E-state index in [9.17, 15) is 4.79 Å². The Labute approximate surface area is 170 Å². The molecule has 0 spiro atoms. The van der Waals surface area contributed by atoms with Gasteiger partial charge in [-0.3, -0.25) is 4.79 Å². The Morgan fingerprint density at radius 1 is 0.897 bits per heavy atom. The Hall–Kier alpha value is -3.53. The van der Waals surface area contributed by atoms with Crippen LogP contribution in [0.15, 0.2) is 72.3 Å². The van der Waals surface area contributed by atoms with E-state index in [1.165, 1.54) is 5.56 Å². The van der Waals surface area contributed by atoms with Crippen LogP contribution in [0.4, 0.5) is 0 Å². The lowest BCUT2D eigenvalue weighted by molar-refractivity contribution is -0.105. The molecule has 0 aliphatic carbocycles. The van der Waals surface area contributed by atoms with Crippen molar-refractivity contribution in [1.29, 1.82) is 0 Å². The van der Waals surface area contributed by atoms with E-state index in [1.54, 1.807) is 14.2 Å². The van der Waals surface area contributed by atoms with Gasteiger partial charge in [-0.2, -0.15) is 0 Å². The molecule has 1 aliphatic heterocycles. The van der Waals surface area contributed by atoms with E-state index in [0.29, 0.717) is 22.8 Å². The van der Waals surface area contributed by atoms with Gasteiger partial charge in [0.2, 0.25) is 0 Å². The molecule has 4 rings (SSSR count). The molecule has 0 amide bonds. The number of para-hydroxylation sites is 1. The Kier molecular flexibility index (Phi) is 5.09. The van der Waals surface area contributed by atoms with E-state index >= 15 is 0 Å². The zero-order valence-corrected chi connectivity index (χ0v) is 16.6. The molecule has 1 aliphatic rings. The highest BCUT2D eigenvalue weighted by Gasteiger charge is 2.31. The van der Waals surface area contributed by atoms with Gasteiger partial charge in [0.25, 0.3) is 0 Å². The van der Waals surface area contributed by atoms with Crippen molar-refractivity contribution in [3.8, 4) is 17.2 Å². The predicted octanol–water partition coefficient (Wildman–Crippen LogP) is 5.15. The number of rotatable bonds is 5. The highest BCUT2D eigenvalue weighted by Crippen LogP contribution is 2.45. The largest absolute Gasteiger partial charge is 0.493 e. The Bertz CT molecular complexity index is 1080. The summed E-state index contributed by atoms with van der Waals surface area (Å²) in [7, 11) is 3.18. The zero-order chi connectivity index (χ0) is 20.4. The molecule has 3 aromatic rings. The van der Waals surface area contributed by atoms with E-state index in [0.717, 1.165) is 28.7 Å². The van der Waals surface area contributed by atoms with E-state index < -0.39 is 0 Å². The van der Waals surface area contributed by atoms with Crippen LogP contribution in [-0.4, -0.2) is 20.5 Å². The number of allylic oxidation sites excluding steroid dienone is 1. The van der Waals surface area contributed by atoms with Crippen LogP contribution in [0.1, 0.15) is 28.2 Å². The monoisotopic (exact) mass is 386 g/mol. The molecular formula is C25H22O4. The highest BCUT2D eigenvalue weighted by molar-refractivity contribution is 5.91. The lowest BCUT2D eigenvalue weighted by Gasteiger charge is -2.29. The topological polar surface area (TPSA) is 44.8 Å². The van der Waals surface area contributed by atoms with Crippen LogP contribution in [-0.2, 0) is 4.79 Å². The van der Waals surface area contributed by atoms with E-state index in [1.807, 2.05) is 49.4 Å². The Morgan fingerprint density at radius 3 is 2.31 bits per heavy atom. The van der Waals surface area contributed by atoms with Crippen LogP contribution >= 0.6 is 0 Å². The maximum Gasteiger partial charge on any atom is 0.161 e. The lowest BCUT2D eigenvalue weighted by atomic mass is 9.81. The number of methoxy groups -OCH3 is 2. The number of benzene rings is 3. The number of aryl methyl sites for hydroxylation is 1. The minimum absolute atomic E-state index is 0.207. The Morgan fingerprint density at radius 2 is 1.62 bits per heavy atom. The van der Waals surface area contributed by atoms with Gasteiger partial charge in [-0.25, -0.2) is 0 Å². The van der Waals surface area contributed by atoms with E-state index in [2.05, 4.69) is 24.3 Å². The first-order chi connectivity index (χ1) is 14.2.